The molecule has 5 nitrogen and oxygen atoms in total. The van der Waals surface area contributed by atoms with Crippen molar-refractivity contribution in [1.29, 1.82) is 0 Å². The first-order valence-corrected chi connectivity index (χ1v) is 11.2. The molecule has 1 aromatic rings. The maximum absolute atomic E-state index is 4.60. The van der Waals surface area contributed by atoms with Gasteiger partial charge < -0.3 is 10.2 Å². The monoisotopic (exact) mass is 377 g/mol. The molecule has 0 spiro atoms. The summed E-state index contributed by atoms with van der Waals surface area (Å²) in [6.07, 6.45) is 6.37. The van der Waals surface area contributed by atoms with E-state index in [0.29, 0.717) is 0 Å². The van der Waals surface area contributed by atoms with Crippen LogP contribution in [0.2, 0.25) is 0 Å². The smallest absolute Gasteiger partial charge is 0.148 e. The Bertz CT molecular complexity index is 486. The first-order valence-electron chi connectivity index (χ1n) is 11.2. The first kappa shape index (κ1) is 24.0. The summed E-state index contributed by atoms with van der Waals surface area (Å²) in [5.41, 5.74) is 1.31. The van der Waals surface area contributed by atoms with Gasteiger partial charge in [-0.25, -0.2) is 9.97 Å². The zero-order chi connectivity index (χ0) is 20.3. The fourth-order valence-electron chi connectivity index (χ4n) is 3.63. The molecular formula is C22H43N5. The summed E-state index contributed by atoms with van der Waals surface area (Å²) < 4.78 is 0. The van der Waals surface area contributed by atoms with E-state index in [-0.39, 0.29) is 5.54 Å². The number of nitrogens with zero attached hydrogens (tertiary/aromatic N) is 4. The van der Waals surface area contributed by atoms with Gasteiger partial charge in [0.15, 0.2) is 0 Å². The fraction of sp³-hybridized carbons (Fsp3) is 0.818. The van der Waals surface area contributed by atoms with E-state index >= 15 is 0 Å². The second-order valence-corrected chi connectivity index (χ2v) is 6.93. The summed E-state index contributed by atoms with van der Waals surface area (Å²) in [6, 6.07) is 0. The van der Waals surface area contributed by atoms with Gasteiger partial charge in [0.25, 0.3) is 0 Å². The van der Waals surface area contributed by atoms with Gasteiger partial charge in [-0.15, -0.1) is 0 Å². The third kappa shape index (κ3) is 6.23. The van der Waals surface area contributed by atoms with Crippen molar-refractivity contribution >= 4 is 0 Å². The molecule has 5 heteroatoms. The molecule has 3 heterocycles. The maximum atomic E-state index is 4.60. The van der Waals surface area contributed by atoms with Crippen molar-refractivity contribution in [3.8, 4) is 0 Å². The third-order valence-corrected chi connectivity index (χ3v) is 5.28. The second kappa shape index (κ2) is 12.4. The lowest BCUT2D eigenvalue weighted by molar-refractivity contribution is 0.0653. The standard InChI is InChI=1S/C16H25N5.3C2H6/c1-13-8-18-15(19-9-13)16(2-3-16)21-6-4-20(5-7-21)12-14-10-17-11-14;3*1-2/h8-9,14,17H,2-7,10-12H2,1H3;3*1-2H3. The molecule has 0 unspecified atom stereocenters. The van der Waals surface area contributed by atoms with Crippen molar-refractivity contribution in [1.82, 2.24) is 25.1 Å². The van der Waals surface area contributed by atoms with Gasteiger partial charge in [0, 0.05) is 58.2 Å². The minimum atomic E-state index is 0.164. The largest absolute Gasteiger partial charge is 0.316 e. The van der Waals surface area contributed by atoms with Crippen molar-refractivity contribution < 1.29 is 0 Å². The van der Waals surface area contributed by atoms with Crippen molar-refractivity contribution in [2.24, 2.45) is 5.92 Å². The average molecular weight is 378 g/mol. The summed E-state index contributed by atoms with van der Waals surface area (Å²) in [4.78, 5) is 14.5. The molecule has 156 valence electrons. The van der Waals surface area contributed by atoms with E-state index in [1.807, 2.05) is 53.9 Å². The number of piperazine rings is 1. The zero-order valence-electron chi connectivity index (χ0n) is 18.9. The first-order chi connectivity index (χ1) is 13.3. The molecule has 2 saturated heterocycles. The van der Waals surface area contributed by atoms with Gasteiger partial charge in [-0.05, 0) is 31.2 Å². The molecule has 3 aliphatic rings. The van der Waals surface area contributed by atoms with Crippen LogP contribution in [-0.2, 0) is 5.54 Å². The van der Waals surface area contributed by atoms with Crippen molar-refractivity contribution in [3.05, 3.63) is 23.8 Å². The Morgan fingerprint density at radius 2 is 1.44 bits per heavy atom. The lowest BCUT2D eigenvalue weighted by atomic mass is 10.0. The quantitative estimate of drug-likeness (QED) is 0.867. The SMILES string of the molecule is CC.CC.CC.Cc1cnc(C2(N3CCN(CC4CNC4)CC3)CC2)nc1. The van der Waals surface area contributed by atoms with Gasteiger partial charge in [-0.1, -0.05) is 41.5 Å². The van der Waals surface area contributed by atoms with Crippen molar-refractivity contribution in [2.45, 2.75) is 66.8 Å². The lowest BCUT2D eigenvalue weighted by Gasteiger charge is -2.41. The van der Waals surface area contributed by atoms with Gasteiger partial charge in [0.05, 0.1) is 5.54 Å². The molecule has 0 bridgehead atoms. The number of hydrogen-bond acceptors (Lipinski definition) is 5. The molecule has 3 fully saturated rings. The minimum absolute atomic E-state index is 0.164. The predicted octanol–water partition coefficient (Wildman–Crippen LogP) is 3.69. The highest BCUT2D eigenvalue weighted by atomic mass is 15.3. The summed E-state index contributed by atoms with van der Waals surface area (Å²) in [7, 11) is 0. The summed E-state index contributed by atoms with van der Waals surface area (Å²) in [5.74, 6) is 1.93. The van der Waals surface area contributed by atoms with Gasteiger partial charge in [-0.3, -0.25) is 4.90 Å². The van der Waals surface area contributed by atoms with E-state index in [0.717, 1.165) is 30.4 Å². The van der Waals surface area contributed by atoms with E-state index < -0.39 is 0 Å². The lowest BCUT2D eigenvalue weighted by Crippen LogP contribution is -2.55. The number of aromatic nitrogens is 2. The van der Waals surface area contributed by atoms with Gasteiger partial charge in [-0.2, -0.15) is 0 Å². The van der Waals surface area contributed by atoms with Gasteiger partial charge >= 0.3 is 0 Å². The molecule has 0 radical (unpaired) electrons. The fourth-order valence-corrected chi connectivity index (χ4v) is 3.63. The molecule has 0 atom stereocenters. The molecule has 1 saturated carbocycles. The van der Waals surface area contributed by atoms with Crippen molar-refractivity contribution in [2.75, 3.05) is 45.8 Å². The van der Waals surface area contributed by atoms with Gasteiger partial charge in [0.1, 0.15) is 5.82 Å². The Hall–Kier alpha value is -1.04. The molecule has 27 heavy (non-hydrogen) atoms. The molecular weight excluding hydrogens is 334 g/mol. The maximum Gasteiger partial charge on any atom is 0.148 e. The Balaban J connectivity index is 0.000000556. The molecule has 1 aromatic heterocycles. The summed E-state index contributed by atoms with van der Waals surface area (Å²) >= 11 is 0. The van der Waals surface area contributed by atoms with E-state index in [1.54, 1.807) is 0 Å². The number of aryl methyl sites for hydroxylation is 1. The minimum Gasteiger partial charge on any atom is -0.316 e. The molecule has 1 aliphatic carbocycles. The zero-order valence-corrected chi connectivity index (χ0v) is 18.9. The summed E-state index contributed by atoms with van der Waals surface area (Å²) in [6.45, 7) is 22.5. The van der Waals surface area contributed by atoms with E-state index in [1.165, 1.54) is 45.6 Å². The normalized spacial score (nSPS) is 21.3. The molecule has 0 aromatic carbocycles. The van der Waals surface area contributed by atoms with Crippen LogP contribution in [0.3, 0.4) is 0 Å². The van der Waals surface area contributed by atoms with Crippen LogP contribution >= 0.6 is 0 Å². The summed E-state index contributed by atoms with van der Waals surface area (Å²) in [5, 5.41) is 3.37. The number of nitrogens with one attached hydrogen (secondary N) is 1. The Labute approximate surface area is 168 Å². The van der Waals surface area contributed by atoms with Crippen molar-refractivity contribution in [3.63, 3.8) is 0 Å². The van der Waals surface area contributed by atoms with Crippen LogP contribution in [0.25, 0.3) is 0 Å². The van der Waals surface area contributed by atoms with E-state index in [9.17, 15) is 0 Å². The third-order valence-electron chi connectivity index (χ3n) is 5.28. The highest BCUT2D eigenvalue weighted by Gasteiger charge is 2.52. The Morgan fingerprint density at radius 1 is 0.926 bits per heavy atom. The van der Waals surface area contributed by atoms with Gasteiger partial charge in [0.2, 0.25) is 0 Å². The predicted molar refractivity (Wildman–Crippen MR) is 116 cm³/mol. The van der Waals surface area contributed by atoms with Crippen LogP contribution < -0.4 is 5.32 Å². The average Bonchev–Trinajstić information content (AvgIpc) is 3.52. The van der Waals surface area contributed by atoms with Crippen LogP contribution in [0.1, 0.15) is 65.8 Å². The van der Waals surface area contributed by atoms with Crippen LogP contribution in [0.4, 0.5) is 0 Å². The molecule has 1 N–H and O–H groups in total. The highest BCUT2D eigenvalue weighted by Crippen LogP contribution is 2.49. The van der Waals surface area contributed by atoms with E-state index in [2.05, 4.69) is 32.0 Å². The Kier molecular flexibility index (Phi) is 11.0. The Morgan fingerprint density at radius 3 is 1.85 bits per heavy atom. The van der Waals surface area contributed by atoms with E-state index in [4.69, 9.17) is 0 Å². The number of rotatable bonds is 4. The highest BCUT2D eigenvalue weighted by molar-refractivity contribution is 5.18. The van der Waals surface area contributed by atoms with Crippen LogP contribution in [0.15, 0.2) is 12.4 Å². The van der Waals surface area contributed by atoms with Crippen LogP contribution in [0, 0.1) is 12.8 Å². The molecule has 0 amide bonds. The number of hydrogen-bond donors (Lipinski definition) is 1. The molecule has 4 rings (SSSR count). The topological polar surface area (TPSA) is 44.3 Å². The molecule has 2 aliphatic heterocycles. The van der Waals surface area contributed by atoms with Crippen LogP contribution in [0.5, 0.6) is 0 Å². The second-order valence-electron chi connectivity index (χ2n) is 6.93. The van der Waals surface area contributed by atoms with Crippen LogP contribution in [-0.4, -0.2) is 65.6 Å².